The Hall–Kier alpha value is -3.21. The van der Waals surface area contributed by atoms with Gasteiger partial charge >= 0.3 is 0 Å². The van der Waals surface area contributed by atoms with Crippen LogP contribution < -0.4 is 10.6 Å². The SMILES string of the molecule is CCc1cccc(C)c1NC(=O)c1cc(C)nc(Nc2ccc(C)cc2)n1. The van der Waals surface area contributed by atoms with Gasteiger partial charge in [0, 0.05) is 17.1 Å². The van der Waals surface area contributed by atoms with Crippen LogP contribution in [0.3, 0.4) is 0 Å². The molecule has 3 aromatic rings. The summed E-state index contributed by atoms with van der Waals surface area (Å²) in [4.78, 5) is 21.6. The summed E-state index contributed by atoms with van der Waals surface area (Å²) in [5.41, 5.74) is 6.11. The number of rotatable bonds is 5. The van der Waals surface area contributed by atoms with Crippen LogP contribution in [0.5, 0.6) is 0 Å². The Balaban J connectivity index is 1.85. The van der Waals surface area contributed by atoms with Crippen molar-refractivity contribution in [3.8, 4) is 0 Å². The summed E-state index contributed by atoms with van der Waals surface area (Å²) in [7, 11) is 0. The Morgan fingerprint density at radius 2 is 1.74 bits per heavy atom. The van der Waals surface area contributed by atoms with Crippen molar-refractivity contribution in [1.82, 2.24) is 9.97 Å². The average molecular weight is 360 g/mol. The summed E-state index contributed by atoms with van der Waals surface area (Å²) < 4.78 is 0. The molecule has 0 atom stereocenters. The molecule has 0 aliphatic rings. The van der Waals surface area contributed by atoms with Crippen LogP contribution in [0.25, 0.3) is 0 Å². The largest absolute Gasteiger partial charge is 0.324 e. The van der Waals surface area contributed by atoms with Crippen molar-refractivity contribution in [1.29, 1.82) is 0 Å². The van der Waals surface area contributed by atoms with Gasteiger partial charge in [0.05, 0.1) is 0 Å². The van der Waals surface area contributed by atoms with Crippen molar-refractivity contribution in [2.45, 2.75) is 34.1 Å². The van der Waals surface area contributed by atoms with E-state index in [0.29, 0.717) is 11.6 Å². The van der Waals surface area contributed by atoms with E-state index in [9.17, 15) is 4.79 Å². The molecule has 3 rings (SSSR count). The van der Waals surface area contributed by atoms with E-state index in [4.69, 9.17) is 0 Å². The number of aromatic nitrogens is 2. The first kappa shape index (κ1) is 18.6. The zero-order valence-electron chi connectivity index (χ0n) is 16.1. The Morgan fingerprint density at radius 3 is 2.44 bits per heavy atom. The minimum absolute atomic E-state index is 0.239. The van der Waals surface area contributed by atoms with Gasteiger partial charge < -0.3 is 10.6 Å². The lowest BCUT2D eigenvalue weighted by Crippen LogP contribution is -2.17. The quantitative estimate of drug-likeness (QED) is 0.675. The molecule has 27 heavy (non-hydrogen) atoms. The van der Waals surface area contributed by atoms with Crippen molar-refractivity contribution in [3.05, 3.63) is 76.6 Å². The lowest BCUT2D eigenvalue weighted by Gasteiger charge is -2.13. The summed E-state index contributed by atoms with van der Waals surface area (Å²) in [6, 6.07) is 15.7. The van der Waals surface area contributed by atoms with Gasteiger partial charge in [-0.3, -0.25) is 4.79 Å². The number of nitrogens with zero attached hydrogens (tertiary/aromatic N) is 2. The third-order valence-electron chi connectivity index (χ3n) is 4.37. The van der Waals surface area contributed by atoms with Gasteiger partial charge in [-0.05, 0) is 56.5 Å². The number of hydrogen-bond donors (Lipinski definition) is 2. The highest BCUT2D eigenvalue weighted by Gasteiger charge is 2.14. The highest BCUT2D eigenvalue weighted by Crippen LogP contribution is 2.22. The Labute approximate surface area is 159 Å². The fraction of sp³-hybridized carbons (Fsp3) is 0.227. The van der Waals surface area contributed by atoms with E-state index in [1.165, 1.54) is 5.56 Å². The summed E-state index contributed by atoms with van der Waals surface area (Å²) in [5.74, 6) is 0.168. The number of aryl methyl sites for hydroxylation is 4. The van der Waals surface area contributed by atoms with Crippen LogP contribution in [0.15, 0.2) is 48.5 Å². The average Bonchev–Trinajstić information content (AvgIpc) is 2.64. The summed E-state index contributed by atoms with van der Waals surface area (Å²) in [5, 5.41) is 6.18. The molecule has 0 aliphatic carbocycles. The molecule has 0 saturated heterocycles. The number of hydrogen-bond acceptors (Lipinski definition) is 4. The van der Waals surface area contributed by atoms with Crippen LogP contribution in [0.1, 0.15) is 39.8 Å². The van der Waals surface area contributed by atoms with Gasteiger partial charge in [-0.1, -0.05) is 42.8 Å². The monoisotopic (exact) mass is 360 g/mol. The van der Waals surface area contributed by atoms with Crippen LogP contribution in [0.4, 0.5) is 17.3 Å². The zero-order chi connectivity index (χ0) is 19.4. The van der Waals surface area contributed by atoms with E-state index < -0.39 is 0 Å². The molecule has 0 aliphatic heterocycles. The maximum Gasteiger partial charge on any atom is 0.274 e. The second kappa shape index (κ2) is 7.99. The number of para-hydroxylation sites is 1. The van der Waals surface area contributed by atoms with Crippen molar-refractivity contribution >= 4 is 23.2 Å². The van der Waals surface area contributed by atoms with E-state index in [2.05, 4.69) is 27.5 Å². The van der Waals surface area contributed by atoms with Crippen molar-refractivity contribution in [2.24, 2.45) is 0 Å². The number of carbonyl (C=O) groups excluding carboxylic acids is 1. The Morgan fingerprint density at radius 1 is 1.00 bits per heavy atom. The van der Waals surface area contributed by atoms with Crippen molar-refractivity contribution in [2.75, 3.05) is 10.6 Å². The Bertz CT molecular complexity index is 965. The number of carbonyl (C=O) groups is 1. The fourth-order valence-corrected chi connectivity index (χ4v) is 2.89. The van der Waals surface area contributed by atoms with Gasteiger partial charge in [0.2, 0.25) is 5.95 Å². The molecule has 1 amide bonds. The van der Waals surface area contributed by atoms with E-state index in [1.807, 2.05) is 63.2 Å². The summed E-state index contributed by atoms with van der Waals surface area (Å²) >= 11 is 0. The van der Waals surface area contributed by atoms with Crippen molar-refractivity contribution in [3.63, 3.8) is 0 Å². The molecule has 0 unspecified atom stereocenters. The first-order valence-electron chi connectivity index (χ1n) is 9.05. The molecular weight excluding hydrogens is 336 g/mol. The molecule has 0 radical (unpaired) electrons. The second-order valence-electron chi connectivity index (χ2n) is 6.63. The molecule has 138 valence electrons. The first-order chi connectivity index (χ1) is 13.0. The van der Waals surface area contributed by atoms with Gasteiger partial charge in [0.1, 0.15) is 5.69 Å². The van der Waals surface area contributed by atoms with Crippen LogP contribution in [-0.2, 0) is 6.42 Å². The standard InChI is InChI=1S/C22H24N4O/c1-5-17-8-6-7-15(3)20(17)26-21(27)19-13-16(4)23-22(25-19)24-18-11-9-14(2)10-12-18/h6-13H,5H2,1-4H3,(H,26,27)(H,23,24,25). The van der Waals surface area contributed by atoms with Gasteiger partial charge in [-0.15, -0.1) is 0 Å². The third kappa shape index (κ3) is 4.50. The lowest BCUT2D eigenvalue weighted by molar-refractivity contribution is 0.102. The van der Waals surface area contributed by atoms with E-state index in [1.54, 1.807) is 6.07 Å². The van der Waals surface area contributed by atoms with Crippen LogP contribution in [0.2, 0.25) is 0 Å². The zero-order valence-corrected chi connectivity index (χ0v) is 16.1. The molecule has 5 nitrogen and oxygen atoms in total. The van der Waals surface area contributed by atoms with Gasteiger partial charge in [0.25, 0.3) is 5.91 Å². The molecule has 0 bridgehead atoms. The normalized spacial score (nSPS) is 10.5. The minimum atomic E-state index is -0.239. The molecule has 0 spiro atoms. The molecular formula is C22H24N4O. The van der Waals surface area contributed by atoms with E-state index in [-0.39, 0.29) is 5.91 Å². The van der Waals surface area contributed by atoms with Crippen LogP contribution in [-0.4, -0.2) is 15.9 Å². The van der Waals surface area contributed by atoms with E-state index in [0.717, 1.165) is 34.6 Å². The molecule has 5 heteroatoms. The fourth-order valence-electron chi connectivity index (χ4n) is 2.89. The van der Waals surface area contributed by atoms with Gasteiger partial charge in [0.15, 0.2) is 0 Å². The summed E-state index contributed by atoms with van der Waals surface area (Å²) in [6.45, 7) is 7.95. The lowest BCUT2D eigenvalue weighted by atomic mass is 10.1. The number of benzene rings is 2. The topological polar surface area (TPSA) is 66.9 Å². The molecule has 2 aromatic carbocycles. The van der Waals surface area contributed by atoms with Crippen LogP contribution >= 0.6 is 0 Å². The van der Waals surface area contributed by atoms with Crippen molar-refractivity contribution < 1.29 is 4.79 Å². The minimum Gasteiger partial charge on any atom is -0.324 e. The predicted molar refractivity (Wildman–Crippen MR) is 110 cm³/mol. The number of amides is 1. The molecule has 1 aromatic heterocycles. The Kier molecular flexibility index (Phi) is 5.50. The predicted octanol–water partition coefficient (Wildman–Crippen LogP) is 4.96. The molecule has 0 saturated carbocycles. The second-order valence-corrected chi connectivity index (χ2v) is 6.63. The highest BCUT2D eigenvalue weighted by molar-refractivity contribution is 6.04. The maximum absolute atomic E-state index is 12.8. The number of nitrogens with one attached hydrogen (secondary N) is 2. The smallest absolute Gasteiger partial charge is 0.274 e. The number of anilines is 3. The van der Waals surface area contributed by atoms with E-state index >= 15 is 0 Å². The maximum atomic E-state index is 12.8. The van der Waals surface area contributed by atoms with Crippen LogP contribution in [0, 0.1) is 20.8 Å². The first-order valence-corrected chi connectivity index (χ1v) is 9.05. The highest BCUT2D eigenvalue weighted by atomic mass is 16.1. The third-order valence-corrected chi connectivity index (χ3v) is 4.37. The molecule has 2 N–H and O–H groups in total. The molecule has 0 fully saturated rings. The van der Waals surface area contributed by atoms with Gasteiger partial charge in [-0.2, -0.15) is 0 Å². The van der Waals surface area contributed by atoms with Gasteiger partial charge in [-0.25, -0.2) is 9.97 Å². The molecule has 1 heterocycles. The summed E-state index contributed by atoms with van der Waals surface area (Å²) in [6.07, 6.45) is 0.848.